The summed E-state index contributed by atoms with van der Waals surface area (Å²) >= 11 is 0.755. The summed E-state index contributed by atoms with van der Waals surface area (Å²) in [5.74, 6) is -0.801. The van der Waals surface area contributed by atoms with E-state index in [0.717, 1.165) is 39.6 Å². The van der Waals surface area contributed by atoms with Crippen molar-refractivity contribution in [2.24, 2.45) is 5.41 Å². The van der Waals surface area contributed by atoms with Crippen molar-refractivity contribution in [1.29, 1.82) is 0 Å². The van der Waals surface area contributed by atoms with Crippen molar-refractivity contribution in [3.63, 3.8) is 0 Å². The van der Waals surface area contributed by atoms with Crippen molar-refractivity contribution in [2.45, 2.75) is 45.5 Å². The highest BCUT2D eigenvalue weighted by molar-refractivity contribution is 7.12. The number of hydrogen-bond donors (Lipinski definition) is 1. The zero-order chi connectivity index (χ0) is 25.7. The number of carboxylic acids is 1. The van der Waals surface area contributed by atoms with E-state index >= 15 is 0 Å². The number of para-hydroxylation sites is 1. The Morgan fingerprint density at radius 1 is 1.08 bits per heavy atom. The number of halogens is 3. The van der Waals surface area contributed by atoms with Crippen molar-refractivity contribution in [1.82, 2.24) is 14.4 Å². The lowest BCUT2D eigenvalue weighted by Crippen LogP contribution is -2.48. The molecule has 5 rings (SSSR count). The van der Waals surface area contributed by atoms with Crippen LogP contribution < -0.4 is 0 Å². The number of hydrogen-bond acceptors (Lipinski definition) is 4. The van der Waals surface area contributed by atoms with Gasteiger partial charge in [0, 0.05) is 28.0 Å². The number of likely N-dealkylation sites (tertiary alicyclic amines) is 1. The molecule has 1 aromatic carbocycles. The van der Waals surface area contributed by atoms with Crippen LogP contribution in [0.1, 0.15) is 40.8 Å². The van der Waals surface area contributed by atoms with Gasteiger partial charge in [-0.05, 0) is 63.0 Å². The molecule has 6 nitrogen and oxygen atoms in total. The molecular weight excluding hydrogens is 491 g/mol. The number of thiophene rings is 1. The summed E-state index contributed by atoms with van der Waals surface area (Å²) in [6.07, 6.45) is -2.66. The number of alkyl halides is 3. The number of carboxylic acid groups (broad SMARTS) is 1. The highest BCUT2D eigenvalue weighted by Gasteiger charge is 2.38. The van der Waals surface area contributed by atoms with E-state index in [-0.39, 0.29) is 12.5 Å². The molecule has 4 heterocycles. The zero-order valence-electron chi connectivity index (χ0n) is 20.0. The zero-order valence-corrected chi connectivity index (χ0v) is 20.8. The smallest absolute Gasteiger partial charge is 0.425 e. The Morgan fingerprint density at radius 3 is 2.47 bits per heavy atom. The van der Waals surface area contributed by atoms with Crippen molar-refractivity contribution in [2.75, 3.05) is 26.2 Å². The lowest BCUT2D eigenvalue weighted by atomic mass is 9.80. The van der Waals surface area contributed by atoms with Gasteiger partial charge in [0.25, 0.3) is 0 Å². The molecular formula is C26H28F3N3O3S. The van der Waals surface area contributed by atoms with Gasteiger partial charge in [0.05, 0.1) is 25.0 Å². The van der Waals surface area contributed by atoms with Gasteiger partial charge in [0.15, 0.2) is 0 Å². The third-order valence-corrected chi connectivity index (χ3v) is 8.72. The average molecular weight is 520 g/mol. The maximum atomic E-state index is 13.2. The molecule has 0 aliphatic carbocycles. The number of aliphatic carboxylic acids is 1. The summed E-state index contributed by atoms with van der Waals surface area (Å²) in [4.78, 5) is 28.5. The number of amides is 1. The summed E-state index contributed by atoms with van der Waals surface area (Å²) < 4.78 is 41.5. The van der Waals surface area contributed by atoms with E-state index < -0.39 is 22.4 Å². The second kappa shape index (κ2) is 9.23. The van der Waals surface area contributed by atoms with Crippen LogP contribution in [0.2, 0.25) is 0 Å². The van der Waals surface area contributed by atoms with E-state index in [1.54, 1.807) is 6.92 Å². The molecule has 1 fully saturated rings. The van der Waals surface area contributed by atoms with Crippen molar-refractivity contribution >= 4 is 34.1 Å². The summed E-state index contributed by atoms with van der Waals surface area (Å²) in [6, 6.07) is 10.5. The first-order valence-electron chi connectivity index (χ1n) is 12.0. The third kappa shape index (κ3) is 4.64. The van der Waals surface area contributed by atoms with Crippen molar-refractivity contribution < 1.29 is 27.9 Å². The van der Waals surface area contributed by atoms with Crippen LogP contribution in [-0.4, -0.2) is 57.5 Å². The number of benzene rings is 1. The molecule has 2 aliphatic rings. The maximum Gasteiger partial charge on any atom is 0.425 e. The first-order chi connectivity index (χ1) is 17.0. The Balaban J connectivity index is 1.35. The van der Waals surface area contributed by atoms with Crippen LogP contribution in [0.3, 0.4) is 0 Å². The molecule has 2 aromatic heterocycles. The number of fused-ring (bicyclic) bond motifs is 3. The third-order valence-electron chi connectivity index (χ3n) is 7.61. The molecule has 0 unspecified atom stereocenters. The molecule has 0 atom stereocenters. The molecule has 3 aromatic rings. The minimum absolute atomic E-state index is 0.00753. The SMILES string of the molecule is CC1(C(=O)O)CCN(CC(=O)N2CCc3c(n(Cc4ccc(C(F)(F)F)s4)c4ccccc34)C2)CC1. The highest BCUT2D eigenvalue weighted by atomic mass is 32.1. The van der Waals surface area contributed by atoms with Crippen LogP contribution in [0.4, 0.5) is 13.2 Å². The fraction of sp³-hybridized carbons (Fsp3) is 0.462. The molecule has 1 saturated heterocycles. The van der Waals surface area contributed by atoms with Crippen molar-refractivity contribution in [3.8, 4) is 0 Å². The van der Waals surface area contributed by atoms with E-state index in [4.69, 9.17) is 0 Å². The van der Waals surface area contributed by atoms with Gasteiger partial charge in [0.1, 0.15) is 4.88 Å². The van der Waals surface area contributed by atoms with Gasteiger partial charge in [-0.1, -0.05) is 18.2 Å². The largest absolute Gasteiger partial charge is 0.481 e. The first-order valence-corrected chi connectivity index (χ1v) is 12.9. The Morgan fingerprint density at radius 2 is 1.81 bits per heavy atom. The van der Waals surface area contributed by atoms with Gasteiger partial charge in [-0.2, -0.15) is 13.2 Å². The highest BCUT2D eigenvalue weighted by Crippen LogP contribution is 2.37. The van der Waals surface area contributed by atoms with Gasteiger partial charge >= 0.3 is 12.1 Å². The molecule has 0 bridgehead atoms. The summed E-state index contributed by atoms with van der Waals surface area (Å²) in [7, 11) is 0. The van der Waals surface area contributed by atoms with Crippen LogP contribution in [-0.2, 0) is 35.3 Å². The predicted molar refractivity (Wildman–Crippen MR) is 131 cm³/mol. The maximum absolute atomic E-state index is 13.2. The molecule has 0 radical (unpaired) electrons. The van der Waals surface area contributed by atoms with Crippen LogP contribution >= 0.6 is 11.3 Å². The Kier molecular flexibility index (Phi) is 6.36. The molecule has 1 amide bonds. The number of aromatic nitrogens is 1. The van der Waals surface area contributed by atoms with E-state index in [1.165, 1.54) is 6.07 Å². The lowest BCUT2D eigenvalue weighted by Gasteiger charge is -2.37. The fourth-order valence-corrected chi connectivity index (χ4v) is 6.13. The molecule has 10 heteroatoms. The number of nitrogens with zero attached hydrogens (tertiary/aromatic N) is 3. The van der Waals surface area contributed by atoms with E-state index in [1.807, 2.05) is 34.1 Å². The molecule has 36 heavy (non-hydrogen) atoms. The Hall–Kier alpha value is -2.85. The molecule has 1 N–H and O–H groups in total. The predicted octanol–water partition coefficient (Wildman–Crippen LogP) is 4.84. The minimum atomic E-state index is -4.36. The summed E-state index contributed by atoms with van der Waals surface area (Å²) in [5, 5.41) is 10.5. The minimum Gasteiger partial charge on any atom is -0.481 e. The number of piperidine rings is 1. The normalized spacial score (nSPS) is 18.4. The molecule has 0 saturated carbocycles. The van der Waals surface area contributed by atoms with Gasteiger partial charge in [-0.15, -0.1) is 11.3 Å². The second-order valence-electron chi connectivity index (χ2n) is 10.00. The number of rotatable bonds is 5. The number of carbonyl (C=O) groups excluding carboxylic acids is 1. The molecule has 0 spiro atoms. The van der Waals surface area contributed by atoms with E-state index in [2.05, 4.69) is 4.57 Å². The van der Waals surface area contributed by atoms with Gasteiger partial charge in [0.2, 0.25) is 5.91 Å². The van der Waals surface area contributed by atoms with Crippen molar-refractivity contribution in [3.05, 3.63) is 57.4 Å². The van der Waals surface area contributed by atoms with Crippen LogP contribution in [0.25, 0.3) is 10.9 Å². The van der Waals surface area contributed by atoms with E-state index in [9.17, 15) is 27.9 Å². The van der Waals surface area contributed by atoms with Crippen LogP contribution in [0.15, 0.2) is 36.4 Å². The van der Waals surface area contributed by atoms with Gasteiger partial charge < -0.3 is 14.6 Å². The standard InChI is InChI=1S/C26H28F3N3O3S/c1-25(24(34)35)9-12-30(13-10-25)16-23(33)31-11-8-19-18-4-2-3-5-20(18)32(21(19)15-31)14-17-6-7-22(36-17)26(27,28)29/h2-7H,8-16H2,1H3,(H,34,35). The average Bonchev–Trinajstić information content (AvgIpc) is 3.44. The lowest BCUT2D eigenvalue weighted by molar-refractivity contribution is -0.151. The number of carbonyl (C=O) groups is 2. The van der Waals surface area contributed by atoms with Crippen LogP contribution in [0.5, 0.6) is 0 Å². The quantitative estimate of drug-likeness (QED) is 0.524. The first kappa shape index (κ1) is 24.8. The topological polar surface area (TPSA) is 65.8 Å². The summed E-state index contributed by atoms with van der Waals surface area (Å²) in [6.45, 7) is 4.43. The molecule has 192 valence electrons. The van der Waals surface area contributed by atoms with Gasteiger partial charge in [-0.25, -0.2) is 0 Å². The monoisotopic (exact) mass is 519 g/mol. The Labute approximate surface area is 210 Å². The Bertz CT molecular complexity index is 1300. The van der Waals surface area contributed by atoms with Crippen LogP contribution in [0, 0.1) is 5.41 Å². The fourth-order valence-electron chi connectivity index (χ4n) is 5.27. The van der Waals surface area contributed by atoms with E-state index in [0.29, 0.717) is 56.9 Å². The van der Waals surface area contributed by atoms with Gasteiger partial charge in [-0.3, -0.25) is 14.5 Å². The molecule has 2 aliphatic heterocycles. The second-order valence-corrected chi connectivity index (χ2v) is 11.2. The summed E-state index contributed by atoms with van der Waals surface area (Å²) in [5.41, 5.74) is 2.34.